The maximum Gasteiger partial charge on any atom is 0.229 e. The lowest BCUT2D eigenvalue weighted by Crippen LogP contribution is -2.01. The number of nitriles is 1. The van der Waals surface area contributed by atoms with Crippen molar-refractivity contribution in [2.45, 2.75) is 6.92 Å². The molecule has 5 heteroatoms. The van der Waals surface area contributed by atoms with Crippen molar-refractivity contribution in [1.29, 1.82) is 5.26 Å². The van der Waals surface area contributed by atoms with Crippen LogP contribution in [-0.2, 0) is 0 Å². The van der Waals surface area contributed by atoms with Crippen molar-refractivity contribution in [3.05, 3.63) is 41.6 Å². The molecule has 0 aliphatic carbocycles. The highest BCUT2D eigenvalue weighted by atomic mass is 15.1. The van der Waals surface area contributed by atoms with E-state index in [4.69, 9.17) is 11.0 Å². The van der Waals surface area contributed by atoms with Crippen LogP contribution >= 0.6 is 0 Å². The summed E-state index contributed by atoms with van der Waals surface area (Å²) in [6.07, 6.45) is 1.56. The Hall–Kier alpha value is -2.61. The molecule has 3 N–H and O–H groups in total. The minimum absolute atomic E-state index is 0.382. The van der Waals surface area contributed by atoms with E-state index in [1.807, 2.05) is 19.1 Å². The Morgan fingerprint density at radius 3 is 2.88 bits per heavy atom. The second-order valence-corrected chi connectivity index (χ2v) is 3.54. The molecule has 0 aliphatic heterocycles. The molecule has 0 fully saturated rings. The number of nitrogens with one attached hydrogen (secondary N) is 1. The zero-order valence-electron chi connectivity index (χ0n) is 9.31. The van der Waals surface area contributed by atoms with Gasteiger partial charge in [-0.15, -0.1) is 0 Å². The van der Waals surface area contributed by atoms with Crippen LogP contribution in [0.25, 0.3) is 0 Å². The molecule has 0 amide bonds. The Morgan fingerprint density at radius 2 is 2.18 bits per heavy atom. The number of nitrogens with two attached hydrogens (primary N) is 1. The van der Waals surface area contributed by atoms with Crippen molar-refractivity contribution in [2.24, 2.45) is 0 Å². The zero-order valence-corrected chi connectivity index (χ0v) is 9.31. The van der Waals surface area contributed by atoms with Gasteiger partial charge in [0.2, 0.25) is 5.95 Å². The second kappa shape index (κ2) is 4.49. The van der Waals surface area contributed by atoms with E-state index >= 15 is 0 Å². The van der Waals surface area contributed by atoms with Gasteiger partial charge in [0.05, 0.1) is 11.3 Å². The van der Waals surface area contributed by atoms with Gasteiger partial charge in [-0.25, -0.2) is 4.98 Å². The van der Waals surface area contributed by atoms with Gasteiger partial charge < -0.3 is 11.1 Å². The predicted octanol–water partition coefficient (Wildman–Crippen LogP) is 1.98. The van der Waals surface area contributed by atoms with E-state index in [-0.39, 0.29) is 0 Å². The van der Waals surface area contributed by atoms with Crippen molar-refractivity contribution >= 4 is 17.5 Å². The molecule has 1 aromatic carbocycles. The number of nitrogen functional groups attached to an aromatic ring is 1. The molecule has 0 spiro atoms. The highest BCUT2D eigenvalue weighted by Gasteiger charge is 2.06. The summed E-state index contributed by atoms with van der Waals surface area (Å²) >= 11 is 0. The predicted molar refractivity (Wildman–Crippen MR) is 65.6 cm³/mol. The highest BCUT2D eigenvalue weighted by Crippen LogP contribution is 2.21. The molecule has 0 unspecified atom stereocenters. The monoisotopic (exact) mass is 225 g/mol. The Labute approximate surface area is 98.9 Å². The third-order valence-corrected chi connectivity index (χ3v) is 2.31. The molecular weight excluding hydrogens is 214 g/mol. The van der Waals surface area contributed by atoms with Crippen LogP contribution in [0.2, 0.25) is 0 Å². The average Bonchev–Trinajstić information content (AvgIpc) is 2.29. The summed E-state index contributed by atoms with van der Waals surface area (Å²) < 4.78 is 0. The first-order chi connectivity index (χ1) is 8.20. The molecule has 0 radical (unpaired) electrons. The summed E-state index contributed by atoms with van der Waals surface area (Å²) in [7, 11) is 0. The van der Waals surface area contributed by atoms with Gasteiger partial charge >= 0.3 is 0 Å². The summed E-state index contributed by atoms with van der Waals surface area (Å²) in [6.45, 7) is 1.88. The lowest BCUT2D eigenvalue weighted by atomic mass is 10.1. The first kappa shape index (κ1) is 10.9. The second-order valence-electron chi connectivity index (χ2n) is 3.54. The third-order valence-electron chi connectivity index (χ3n) is 2.31. The topological polar surface area (TPSA) is 87.6 Å². The van der Waals surface area contributed by atoms with Gasteiger partial charge in [-0.2, -0.15) is 10.2 Å². The number of hydrogen-bond acceptors (Lipinski definition) is 5. The number of aryl methyl sites for hydroxylation is 1. The fourth-order valence-electron chi connectivity index (χ4n) is 1.47. The van der Waals surface area contributed by atoms with E-state index in [0.717, 1.165) is 5.56 Å². The molecule has 0 saturated heterocycles. The van der Waals surface area contributed by atoms with Crippen LogP contribution in [0.1, 0.15) is 11.1 Å². The summed E-state index contributed by atoms with van der Waals surface area (Å²) in [4.78, 5) is 8.05. The van der Waals surface area contributed by atoms with Gasteiger partial charge in [-0.3, -0.25) is 0 Å². The third kappa shape index (κ3) is 2.32. The van der Waals surface area contributed by atoms with Gasteiger partial charge in [0, 0.05) is 6.20 Å². The summed E-state index contributed by atoms with van der Waals surface area (Å²) in [5.41, 5.74) is 7.72. The van der Waals surface area contributed by atoms with E-state index in [1.54, 1.807) is 18.3 Å². The number of aromatic nitrogens is 2. The van der Waals surface area contributed by atoms with Gasteiger partial charge in [-0.05, 0) is 24.6 Å². The number of benzene rings is 1. The molecule has 0 saturated carbocycles. The SMILES string of the molecule is Cc1cccc(Nc2nccc(N)n2)c1C#N. The normalized spacial score (nSPS) is 9.65. The maximum absolute atomic E-state index is 9.08. The number of hydrogen-bond donors (Lipinski definition) is 2. The van der Waals surface area contributed by atoms with E-state index in [1.165, 1.54) is 0 Å². The smallest absolute Gasteiger partial charge is 0.229 e. The van der Waals surface area contributed by atoms with Crippen molar-refractivity contribution in [2.75, 3.05) is 11.1 Å². The first-order valence-corrected chi connectivity index (χ1v) is 5.06. The highest BCUT2D eigenvalue weighted by molar-refractivity contribution is 5.65. The van der Waals surface area contributed by atoms with Crippen LogP contribution in [0.5, 0.6) is 0 Å². The summed E-state index contributed by atoms with van der Waals surface area (Å²) in [5, 5.41) is 12.1. The molecule has 17 heavy (non-hydrogen) atoms. The fourth-order valence-corrected chi connectivity index (χ4v) is 1.47. The minimum atomic E-state index is 0.382. The van der Waals surface area contributed by atoms with Crippen molar-refractivity contribution in [3.63, 3.8) is 0 Å². The molecule has 0 aliphatic rings. The van der Waals surface area contributed by atoms with Gasteiger partial charge in [0.15, 0.2) is 0 Å². The van der Waals surface area contributed by atoms with Crippen LogP contribution in [0.15, 0.2) is 30.5 Å². The first-order valence-electron chi connectivity index (χ1n) is 5.06. The Kier molecular flexibility index (Phi) is 2.88. The molecule has 84 valence electrons. The van der Waals surface area contributed by atoms with E-state index in [9.17, 15) is 0 Å². The Bertz CT molecular complexity index is 586. The van der Waals surface area contributed by atoms with Crippen molar-refractivity contribution in [1.82, 2.24) is 9.97 Å². The lowest BCUT2D eigenvalue weighted by Gasteiger charge is -2.08. The lowest BCUT2D eigenvalue weighted by molar-refractivity contribution is 1.17. The van der Waals surface area contributed by atoms with Crippen LogP contribution in [-0.4, -0.2) is 9.97 Å². The zero-order chi connectivity index (χ0) is 12.3. The number of nitrogens with zero attached hydrogens (tertiary/aromatic N) is 3. The van der Waals surface area contributed by atoms with Crippen LogP contribution in [0.3, 0.4) is 0 Å². The molecule has 0 bridgehead atoms. The molecule has 1 heterocycles. The van der Waals surface area contributed by atoms with Crippen molar-refractivity contribution < 1.29 is 0 Å². The maximum atomic E-state index is 9.08. The largest absolute Gasteiger partial charge is 0.384 e. The molecule has 1 aromatic heterocycles. The average molecular weight is 225 g/mol. The number of rotatable bonds is 2. The number of anilines is 3. The van der Waals surface area contributed by atoms with E-state index in [2.05, 4.69) is 21.4 Å². The van der Waals surface area contributed by atoms with Gasteiger partial charge in [0.1, 0.15) is 11.9 Å². The van der Waals surface area contributed by atoms with Gasteiger partial charge in [0.25, 0.3) is 0 Å². The van der Waals surface area contributed by atoms with Crippen LogP contribution in [0.4, 0.5) is 17.5 Å². The van der Waals surface area contributed by atoms with E-state index in [0.29, 0.717) is 23.0 Å². The van der Waals surface area contributed by atoms with Crippen LogP contribution in [0, 0.1) is 18.3 Å². The molecule has 2 aromatic rings. The fraction of sp³-hybridized carbons (Fsp3) is 0.0833. The molecular formula is C12H11N5. The Morgan fingerprint density at radius 1 is 1.35 bits per heavy atom. The summed E-state index contributed by atoms with van der Waals surface area (Å²) in [6, 6.07) is 9.30. The Balaban J connectivity index is 2.37. The van der Waals surface area contributed by atoms with E-state index < -0.39 is 0 Å². The van der Waals surface area contributed by atoms with Crippen LogP contribution < -0.4 is 11.1 Å². The minimum Gasteiger partial charge on any atom is -0.384 e. The summed E-state index contributed by atoms with van der Waals surface area (Å²) in [5.74, 6) is 0.765. The molecule has 0 atom stereocenters. The molecule has 5 nitrogen and oxygen atoms in total. The van der Waals surface area contributed by atoms with Crippen molar-refractivity contribution in [3.8, 4) is 6.07 Å². The standard InChI is InChI=1S/C12H11N5/c1-8-3-2-4-10(9(8)7-13)16-12-15-6-5-11(14)17-12/h2-6H,1H3,(H3,14,15,16,17). The van der Waals surface area contributed by atoms with Gasteiger partial charge in [-0.1, -0.05) is 12.1 Å². The molecule has 2 rings (SSSR count). The quantitative estimate of drug-likeness (QED) is 0.815.